The van der Waals surface area contributed by atoms with E-state index in [9.17, 15) is 4.79 Å². The smallest absolute Gasteiger partial charge is 0.273 e. The molecule has 34 heavy (non-hydrogen) atoms. The Labute approximate surface area is 197 Å². The SMILES string of the molecule is O=C(NCc1cccnc1)c1coc(CN(Cc2ccccc2)Cc2ccc3c(c2)OCO3)n1. The van der Waals surface area contributed by atoms with Gasteiger partial charge in [-0.3, -0.25) is 14.7 Å². The van der Waals surface area contributed by atoms with Crippen molar-refractivity contribution in [3.05, 3.63) is 108 Å². The van der Waals surface area contributed by atoms with Crippen LogP contribution >= 0.6 is 0 Å². The van der Waals surface area contributed by atoms with Crippen LogP contribution in [0.2, 0.25) is 0 Å². The van der Waals surface area contributed by atoms with Gasteiger partial charge in [-0.15, -0.1) is 0 Å². The van der Waals surface area contributed by atoms with Crippen LogP contribution in [0, 0.1) is 0 Å². The van der Waals surface area contributed by atoms with E-state index in [1.165, 1.54) is 11.8 Å². The maximum absolute atomic E-state index is 12.5. The van der Waals surface area contributed by atoms with Gasteiger partial charge >= 0.3 is 0 Å². The van der Waals surface area contributed by atoms with Crippen molar-refractivity contribution in [2.24, 2.45) is 0 Å². The Bertz CT molecular complexity index is 1240. The predicted molar refractivity (Wildman–Crippen MR) is 124 cm³/mol. The Morgan fingerprint density at radius 2 is 1.74 bits per heavy atom. The molecule has 0 radical (unpaired) electrons. The number of aromatic nitrogens is 2. The van der Waals surface area contributed by atoms with E-state index in [-0.39, 0.29) is 18.4 Å². The molecular weight excluding hydrogens is 432 g/mol. The molecule has 3 heterocycles. The van der Waals surface area contributed by atoms with Gasteiger partial charge in [-0.25, -0.2) is 4.98 Å². The summed E-state index contributed by atoms with van der Waals surface area (Å²) in [5.41, 5.74) is 3.42. The molecule has 0 unspecified atom stereocenters. The maximum atomic E-state index is 12.5. The molecule has 0 fully saturated rings. The zero-order valence-corrected chi connectivity index (χ0v) is 18.5. The number of ether oxygens (including phenoxy) is 2. The molecule has 0 aliphatic carbocycles. The summed E-state index contributed by atoms with van der Waals surface area (Å²) in [4.78, 5) is 23.2. The number of carbonyl (C=O) groups is 1. The van der Waals surface area contributed by atoms with Crippen molar-refractivity contribution in [3.63, 3.8) is 0 Å². The second-order valence-electron chi connectivity index (χ2n) is 7.99. The van der Waals surface area contributed by atoms with Crippen LogP contribution in [0.25, 0.3) is 0 Å². The molecule has 2 aromatic carbocycles. The summed E-state index contributed by atoms with van der Waals surface area (Å²) in [6.07, 6.45) is 4.81. The summed E-state index contributed by atoms with van der Waals surface area (Å²) < 4.78 is 16.6. The average molecular weight is 457 g/mol. The van der Waals surface area contributed by atoms with E-state index < -0.39 is 0 Å². The van der Waals surface area contributed by atoms with Crippen LogP contribution in [0.5, 0.6) is 11.5 Å². The van der Waals surface area contributed by atoms with Crippen LogP contribution in [-0.4, -0.2) is 27.6 Å². The minimum absolute atomic E-state index is 0.245. The van der Waals surface area contributed by atoms with Gasteiger partial charge in [0.05, 0.1) is 6.54 Å². The Hall–Kier alpha value is -4.17. The van der Waals surface area contributed by atoms with Crippen LogP contribution in [-0.2, 0) is 26.2 Å². The Kier molecular flexibility index (Phi) is 6.49. The van der Waals surface area contributed by atoms with Crippen molar-refractivity contribution in [1.29, 1.82) is 0 Å². The fourth-order valence-electron chi connectivity index (χ4n) is 3.76. The van der Waals surface area contributed by atoms with Crippen LogP contribution in [0.1, 0.15) is 33.1 Å². The van der Waals surface area contributed by atoms with Crippen LogP contribution in [0.15, 0.2) is 83.7 Å². The first-order chi connectivity index (χ1) is 16.7. The van der Waals surface area contributed by atoms with Crippen molar-refractivity contribution >= 4 is 5.91 Å². The molecule has 0 spiro atoms. The molecule has 2 aromatic heterocycles. The molecule has 8 nitrogen and oxygen atoms in total. The second-order valence-corrected chi connectivity index (χ2v) is 7.99. The molecule has 172 valence electrons. The molecule has 1 amide bonds. The number of benzene rings is 2. The molecule has 5 rings (SSSR count). The number of amides is 1. The second kappa shape index (κ2) is 10.2. The number of hydrogen-bond acceptors (Lipinski definition) is 7. The number of nitrogens with one attached hydrogen (secondary N) is 1. The van der Waals surface area contributed by atoms with Gasteiger partial charge in [-0.2, -0.15) is 0 Å². The largest absolute Gasteiger partial charge is 0.454 e. The molecule has 0 saturated heterocycles. The third-order valence-electron chi connectivity index (χ3n) is 5.41. The predicted octanol–water partition coefficient (Wildman–Crippen LogP) is 3.93. The molecule has 8 heteroatoms. The zero-order chi connectivity index (χ0) is 23.2. The van der Waals surface area contributed by atoms with E-state index in [4.69, 9.17) is 13.9 Å². The van der Waals surface area contributed by atoms with Gasteiger partial charge in [0, 0.05) is 32.0 Å². The number of rotatable bonds is 9. The van der Waals surface area contributed by atoms with E-state index in [0.29, 0.717) is 32.1 Å². The fraction of sp³-hybridized carbons (Fsp3) is 0.192. The van der Waals surface area contributed by atoms with Crippen molar-refractivity contribution in [2.75, 3.05) is 6.79 Å². The maximum Gasteiger partial charge on any atom is 0.273 e. The number of oxazole rings is 1. The van der Waals surface area contributed by atoms with Crippen LogP contribution in [0.3, 0.4) is 0 Å². The molecule has 0 bridgehead atoms. The van der Waals surface area contributed by atoms with E-state index in [2.05, 4.69) is 32.3 Å². The fourth-order valence-corrected chi connectivity index (χ4v) is 3.76. The molecule has 0 saturated carbocycles. The van der Waals surface area contributed by atoms with E-state index >= 15 is 0 Å². The Morgan fingerprint density at radius 1 is 0.912 bits per heavy atom. The number of fused-ring (bicyclic) bond motifs is 1. The summed E-state index contributed by atoms with van der Waals surface area (Å²) in [5.74, 6) is 1.70. The highest BCUT2D eigenvalue weighted by Crippen LogP contribution is 2.33. The van der Waals surface area contributed by atoms with E-state index in [1.807, 2.05) is 48.5 Å². The lowest BCUT2D eigenvalue weighted by atomic mass is 10.1. The highest BCUT2D eigenvalue weighted by molar-refractivity contribution is 5.91. The zero-order valence-electron chi connectivity index (χ0n) is 18.5. The van der Waals surface area contributed by atoms with E-state index in [0.717, 1.165) is 22.6 Å². The molecule has 0 atom stereocenters. The normalized spacial score (nSPS) is 12.1. The van der Waals surface area contributed by atoms with Crippen molar-refractivity contribution < 1.29 is 18.7 Å². The van der Waals surface area contributed by atoms with Crippen LogP contribution < -0.4 is 14.8 Å². The Morgan fingerprint density at radius 3 is 2.59 bits per heavy atom. The van der Waals surface area contributed by atoms with Gasteiger partial charge in [-0.1, -0.05) is 42.5 Å². The van der Waals surface area contributed by atoms with E-state index in [1.54, 1.807) is 12.4 Å². The quantitative estimate of drug-likeness (QED) is 0.408. The standard InChI is InChI=1S/C26H24N4O4/c31-26(28-13-21-7-4-10-27-12-21)22-17-32-25(29-22)16-30(14-19-5-2-1-3-6-19)15-20-8-9-23-24(11-20)34-18-33-23/h1-12,17H,13-16,18H2,(H,28,31). The monoisotopic (exact) mass is 456 g/mol. The minimum atomic E-state index is -0.288. The third-order valence-corrected chi connectivity index (χ3v) is 5.41. The van der Waals surface area contributed by atoms with Gasteiger partial charge in [0.2, 0.25) is 12.7 Å². The lowest BCUT2D eigenvalue weighted by Crippen LogP contribution is -2.24. The Balaban J connectivity index is 1.27. The van der Waals surface area contributed by atoms with Crippen LogP contribution in [0.4, 0.5) is 0 Å². The first kappa shape index (κ1) is 21.7. The first-order valence-electron chi connectivity index (χ1n) is 11.0. The average Bonchev–Trinajstić information content (AvgIpc) is 3.53. The van der Waals surface area contributed by atoms with Gasteiger partial charge in [0.15, 0.2) is 17.2 Å². The van der Waals surface area contributed by atoms with Crippen molar-refractivity contribution in [1.82, 2.24) is 20.2 Å². The van der Waals surface area contributed by atoms with Crippen molar-refractivity contribution in [2.45, 2.75) is 26.2 Å². The summed E-state index contributed by atoms with van der Waals surface area (Å²) in [5, 5.41) is 2.84. The molecule has 1 aliphatic rings. The van der Waals surface area contributed by atoms with Gasteiger partial charge in [-0.05, 0) is 34.9 Å². The van der Waals surface area contributed by atoms with Gasteiger partial charge in [0.1, 0.15) is 6.26 Å². The number of nitrogens with zero attached hydrogens (tertiary/aromatic N) is 3. The first-order valence-corrected chi connectivity index (χ1v) is 11.0. The summed E-state index contributed by atoms with van der Waals surface area (Å²) in [6, 6.07) is 19.9. The number of carbonyl (C=O) groups excluding carboxylic acids is 1. The van der Waals surface area contributed by atoms with Crippen molar-refractivity contribution in [3.8, 4) is 11.5 Å². The molecule has 1 N–H and O–H groups in total. The summed E-state index contributed by atoms with van der Waals surface area (Å²) in [6.45, 7) is 2.41. The lowest BCUT2D eigenvalue weighted by Gasteiger charge is -2.21. The molecule has 4 aromatic rings. The van der Waals surface area contributed by atoms with Gasteiger partial charge < -0.3 is 19.2 Å². The number of pyridine rings is 1. The summed E-state index contributed by atoms with van der Waals surface area (Å²) in [7, 11) is 0. The highest BCUT2D eigenvalue weighted by atomic mass is 16.7. The molecule has 1 aliphatic heterocycles. The third kappa shape index (κ3) is 5.41. The highest BCUT2D eigenvalue weighted by Gasteiger charge is 2.18. The number of hydrogen-bond donors (Lipinski definition) is 1. The topological polar surface area (TPSA) is 89.7 Å². The summed E-state index contributed by atoms with van der Waals surface area (Å²) >= 11 is 0. The van der Waals surface area contributed by atoms with Gasteiger partial charge in [0.25, 0.3) is 5.91 Å². The minimum Gasteiger partial charge on any atom is -0.454 e. The molecular formula is C26H24N4O4. The lowest BCUT2D eigenvalue weighted by molar-refractivity contribution is 0.0945.